The van der Waals surface area contributed by atoms with Crippen LogP contribution in [0, 0.1) is 6.07 Å². The SMILES string of the molecule is NCC1(c2[c]cccc2)CCCCC1. The molecule has 14 heavy (non-hydrogen) atoms. The molecule has 0 bridgehead atoms. The van der Waals surface area contributed by atoms with Gasteiger partial charge in [-0.15, -0.1) is 0 Å². The zero-order chi connectivity index (χ0) is 9.86. The molecule has 1 heteroatoms. The first-order chi connectivity index (χ1) is 6.87. The van der Waals surface area contributed by atoms with Gasteiger partial charge in [0.15, 0.2) is 0 Å². The van der Waals surface area contributed by atoms with Gasteiger partial charge < -0.3 is 5.73 Å². The van der Waals surface area contributed by atoms with E-state index in [0.717, 1.165) is 6.54 Å². The highest BCUT2D eigenvalue weighted by Crippen LogP contribution is 2.38. The van der Waals surface area contributed by atoms with Crippen LogP contribution in [0.4, 0.5) is 0 Å². The smallest absolute Gasteiger partial charge is 0.00817 e. The summed E-state index contributed by atoms with van der Waals surface area (Å²) in [4.78, 5) is 0. The standard InChI is InChI=1S/C13H18N/c14-11-13(9-5-2-6-10-13)12-7-3-1-4-8-12/h1,3-4,7H,2,5-6,9-11,14H2. The normalized spacial score (nSPS) is 20.6. The number of rotatable bonds is 2. The minimum Gasteiger partial charge on any atom is -0.330 e. The molecule has 75 valence electrons. The summed E-state index contributed by atoms with van der Waals surface area (Å²) in [5.74, 6) is 0. The summed E-state index contributed by atoms with van der Waals surface area (Å²) in [7, 11) is 0. The van der Waals surface area contributed by atoms with Crippen molar-refractivity contribution in [1.82, 2.24) is 0 Å². The molecule has 0 aromatic heterocycles. The van der Waals surface area contributed by atoms with Crippen molar-refractivity contribution in [1.29, 1.82) is 0 Å². The van der Waals surface area contributed by atoms with Gasteiger partial charge in [0.2, 0.25) is 0 Å². The van der Waals surface area contributed by atoms with Crippen LogP contribution in [0.3, 0.4) is 0 Å². The van der Waals surface area contributed by atoms with E-state index in [1.807, 2.05) is 12.1 Å². The second-order valence-electron chi connectivity index (χ2n) is 4.32. The Balaban J connectivity index is 2.27. The molecular formula is C13H18N. The summed E-state index contributed by atoms with van der Waals surface area (Å²) in [5.41, 5.74) is 7.51. The Labute approximate surface area is 86.3 Å². The van der Waals surface area contributed by atoms with E-state index in [0.29, 0.717) is 0 Å². The van der Waals surface area contributed by atoms with Crippen LogP contribution in [-0.2, 0) is 5.41 Å². The molecule has 0 amide bonds. The molecular weight excluding hydrogens is 170 g/mol. The number of benzene rings is 1. The molecule has 0 aliphatic heterocycles. The van der Waals surface area contributed by atoms with E-state index in [1.165, 1.54) is 37.7 Å². The van der Waals surface area contributed by atoms with Crippen LogP contribution in [0.25, 0.3) is 0 Å². The molecule has 0 saturated heterocycles. The molecule has 0 unspecified atom stereocenters. The summed E-state index contributed by atoms with van der Waals surface area (Å²) in [6.07, 6.45) is 6.49. The van der Waals surface area contributed by atoms with Gasteiger partial charge in [0.25, 0.3) is 0 Å². The van der Waals surface area contributed by atoms with Crippen LogP contribution >= 0.6 is 0 Å². The number of nitrogens with two attached hydrogens (primary N) is 1. The molecule has 1 aromatic carbocycles. The van der Waals surface area contributed by atoms with Gasteiger partial charge in [-0.1, -0.05) is 43.5 Å². The maximum absolute atomic E-state index is 5.95. The fourth-order valence-corrected chi connectivity index (χ4v) is 2.54. The van der Waals surface area contributed by atoms with Crippen molar-refractivity contribution in [3.63, 3.8) is 0 Å². The summed E-state index contributed by atoms with van der Waals surface area (Å²) in [6.45, 7) is 0.771. The van der Waals surface area contributed by atoms with E-state index in [9.17, 15) is 0 Å². The Morgan fingerprint density at radius 1 is 1.21 bits per heavy atom. The maximum Gasteiger partial charge on any atom is 0.00817 e. The Hall–Kier alpha value is -0.820. The lowest BCUT2D eigenvalue weighted by molar-refractivity contribution is 0.300. The van der Waals surface area contributed by atoms with Crippen LogP contribution in [0.15, 0.2) is 24.3 Å². The predicted molar refractivity (Wildman–Crippen MR) is 59.1 cm³/mol. The lowest BCUT2D eigenvalue weighted by atomic mass is 9.69. The summed E-state index contributed by atoms with van der Waals surface area (Å²) < 4.78 is 0. The molecule has 1 nitrogen and oxygen atoms in total. The minimum absolute atomic E-state index is 0.236. The van der Waals surface area contributed by atoms with Crippen molar-refractivity contribution < 1.29 is 0 Å². The van der Waals surface area contributed by atoms with Crippen molar-refractivity contribution in [2.75, 3.05) is 6.54 Å². The lowest BCUT2D eigenvalue weighted by Gasteiger charge is -2.36. The van der Waals surface area contributed by atoms with Crippen LogP contribution in [0.5, 0.6) is 0 Å². The van der Waals surface area contributed by atoms with Gasteiger partial charge in [-0.05, 0) is 24.5 Å². The van der Waals surface area contributed by atoms with E-state index in [-0.39, 0.29) is 5.41 Å². The number of hydrogen-bond donors (Lipinski definition) is 1. The predicted octanol–water partition coefficient (Wildman–Crippen LogP) is 2.65. The first-order valence-corrected chi connectivity index (χ1v) is 5.55. The van der Waals surface area contributed by atoms with Gasteiger partial charge in [-0.3, -0.25) is 0 Å². The van der Waals surface area contributed by atoms with Crippen molar-refractivity contribution in [3.8, 4) is 0 Å². The van der Waals surface area contributed by atoms with Crippen molar-refractivity contribution in [3.05, 3.63) is 35.9 Å². The summed E-state index contributed by atoms with van der Waals surface area (Å²) in [6, 6.07) is 11.6. The van der Waals surface area contributed by atoms with Crippen molar-refractivity contribution in [2.45, 2.75) is 37.5 Å². The topological polar surface area (TPSA) is 26.0 Å². The molecule has 1 aromatic rings. The first kappa shape index (κ1) is 9.72. The van der Waals surface area contributed by atoms with Gasteiger partial charge in [0, 0.05) is 12.0 Å². The Bertz CT molecular complexity index is 273. The van der Waals surface area contributed by atoms with E-state index in [2.05, 4.69) is 18.2 Å². The molecule has 2 N–H and O–H groups in total. The lowest BCUT2D eigenvalue weighted by Crippen LogP contribution is -2.37. The first-order valence-electron chi connectivity index (χ1n) is 5.55. The van der Waals surface area contributed by atoms with Gasteiger partial charge in [0.05, 0.1) is 0 Å². The van der Waals surface area contributed by atoms with Crippen LogP contribution in [0.1, 0.15) is 37.7 Å². The molecule has 1 fully saturated rings. The average molecular weight is 188 g/mol. The molecule has 1 aliphatic rings. The molecule has 1 radical (unpaired) electrons. The van der Waals surface area contributed by atoms with E-state index >= 15 is 0 Å². The van der Waals surface area contributed by atoms with E-state index in [4.69, 9.17) is 5.73 Å². The van der Waals surface area contributed by atoms with Gasteiger partial charge in [-0.2, -0.15) is 0 Å². The average Bonchev–Trinajstić information content (AvgIpc) is 2.31. The third-order valence-electron chi connectivity index (χ3n) is 3.48. The second-order valence-corrected chi connectivity index (χ2v) is 4.32. The Morgan fingerprint density at radius 3 is 2.57 bits per heavy atom. The van der Waals surface area contributed by atoms with Crippen LogP contribution in [0.2, 0.25) is 0 Å². The summed E-state index contributed by atoms with van der Waals surface area (Å²) in [5, 5.41) is 0. The second kappa shape index (κ2) is 4.14. The van der Waals surface area contributed by atoms with Crippen molar-refractivity contribution in [2.24, 2.45) is 5.73 Å². The minimum atomic E-state index is 0.236. The third kappa shape index (κ3) is 1.69. The van der Waals surface area contributed by atoms with Gasteiger partial charge in [0.1, 0.15) is 0 Å². The van der Waals surface area contributed by atoms with E-state index < -0.39 is 0 Å². The zero-order valence-electron chi connectivity index (χ0n) is 8.63. The fraction of sp³-hybridized carbons (Fsp3) is 0.538. The molecule has 1 saturated carbocycles. The van der Waals surface area contributed by atoms with Gasteiger partial charge in [-0.25, -0.2) is 0 Å². The van der Waals surface area contributed by atoms with E-state index in [1.54, 1.807) is 0 Å². The van der Waals surface area contributed by atoms with Crippen LogP contribution in [-0.4, -0.2) is 6.54 Å². The highest BCUT2D eigenvalue weighted by atomic mass is 14.6. The Kier molecular flexibility index (Phi) is 2.87. The highest BCUT2D eigenvalue weighted by Gasteiger charge is 2.32. The zero-order valence-corrected chi connectivity index (χ0v) is 8.63. The van der Waals surface area contributed by atoms with Gasteiger partial charge >= 0.3 is 0 Å². The largest absolute Gasteiger partial charge is 0.330 e. The van der Waals surface area contributed by atoms with Crippen LogP contribution < -0.4 is 5.73 Å². The molecule has 2 rings (SSSR count). The molecule has 1 aliphatic carbocycles. The quantitative estimate of drug-likeness (QED) is 0.758. The third-order valence-corrected chi connectivity index (χ3v) is 3.48. The Morgan fingerprint density at radius 2 is 2.00 bits per heavy atom. The molecule has 0 heterocycles. The summed E-state index contributed by atoms with van der Waals surface area (Å²) >= 11 is 0. The number of hydrogen-bond acceptors (Lipinski definition) is 1. The highest BCUT2D eigenvalue weighted by molar-refractivity contribution is 5.25. The molecule has 0 atom stereocenters. The molecule has 0 spiro atoms. The van der Waals surface area contributed by atoms with Crippen molar-refractivity contribution >= 4 is 0 Å². The fourth-order valence-electron chi connectivity index (χ4n) is 2.54. The monoisotopic (exact) mass is 188 g/mol. The maximum atomic E-state index is 5.95.